The van der Waals surface area contributed by atoms with Crippen LogP contribution in [0.3, 0.4) is 0 Å². The third-order valence-electron chi connectivity index (χ3n) is 4.69. The second-order valence-corrected chi connectivity index (χ2v) is 6.68. The summed E-state index contributed by atoms with van der Waals surface area (Å²) >= 11 is 5.98. The molecule has 1 aliphatic rings. The molecule has 0 radical (unpaired) electrons. The van der Waals surface area contributed by atoms with Gasteiger partial charge < -0.3 is 14.8 Å². The summed E-state index contributed by atoms with van der Waals surface area (Å²) in [7, 11) is 3.19. The molecule has 0 saturated heterocycles. The number of halogens is 1. The maximum absolute atomic E-state index is 12.4. The number of nitrogens with one attached hydrogen (secondary N) is 1. The first-order valence-electron chi connectivity index (χ1n) is 8.45. The Hall–Kier alpha value is -2.99. The number of hydrogen-bond acceptors (Lipinski definition) is 4. The second kappa shape index (κ2) is 6.96. The molecule has 138 valence electrons. The number of fused-ring (bicyclic) bond motifs is 1. The second-order valence-electron chi connectivity index (χ2n) is 6.24. The van der Waals surface area contributed by atoms with Crippen molar-refractivity contribution >= 4 is 23.3 Å². The van der Waals surface area contributed by atoms with E-state index in [-0.39, 0.29) is 11.8 Å². The molecule has 6 nitrogen and oxygen atoms in total. The molecule has 1 aromatic heterocycles. The molecule has 2 heterocycles. The number of nitrogens with zero attached hydrogens (tertiary/aromatic N) is 2. The van der Waals surface area contributed by atoms with Crippen molar-refractivity contribution in [1.82, 2.24) is 9.55 Å². The third kappa shape index (κ3) is 3.13. The van der Waals surface area contributed by atoms with E-state index < -0.39 is 0 Å². The first-order chi connectivity index (χ1) is 13.1. The lowest BCUT2D eigenvalue weighted by Gasteiger charge is -2.24. The molecule has 0 fully saturated rings. The van der Waals surface area contributed by atoms with E-state index in [0.29, 0.717) is 28.8 Å². The summed E-state index contributed by atoms with van der Waals surface area (Å²) in [6.45, 7) is 0. The van der Waals surface area contributed by atoms with Crippen LogP contribution in [0.1, 0.15) is 23.6 Å². The highest BCUT2D eigenvalue weighted by molar-refractivity contribution is 6.30. The molecule has 0 spiro atoms. The number of rotatable bonds is 4. The maximum Gasteiger partial charge on any atom is 0.226 e. The van der Waals surface area contributed by atoms with Gasteiger partial charge >= 0.3 is 0 Å². The van der Waals surface area contributed by atoms with Crippen LogP contribution in [0, 0.1) is 0 Å². The topological polar surface area (TPSA) is 65.4 Å². The van der Waals surface area contributed by atoms with Crippen LogP contribution in [0.2, 0.25) is 5.02 Å². The number of benzene rings is 2. The van der Waals surface area contributed by atoms with E-state index in [0.717, 1.165) is 16.9 Å². The van der Waals surface area contributed by atoms with Crippen molar-refractivity contribution in [2.75, 3.05) is 19.5 Å². The molecule has 0 aliphatic carbocycles. The maximum atomic E-state index is 12.4. The number of carbonyl (C=O) groups excluding carboxylic acids is 1. The van der Waals surface area contributed by atoms with Crippen LogP contribution in [0.4, 0.5) is 5.82 Å². The number of amides is 1. The molecule has 0 unspecified atom stereocenters. The summed E-state index contributed by atoms with van der Waals surface area (Å²) in [4.78, 5) is 17.0. The number of ether oxygens (including phenoxy) is 2. The minimum atomic E-state index is -0.165. The van der Waals surface area contributed by atoms with Gasteiger partial charge in [0, 0.05) is 23.0 Å². The molecule has 1 N–H and O–H groups in total. The average molecular weight is 384 g/mol. The Bertz CT molecular complexity index is 998. The molecule has 0 bridgehead atoms. The van der Waals surface area contributed by atoms with Crippen molar-refractivity contribution in [3.63, 3.8) is 0 Å². The van der Waals surface area contributed by atoms with Gasteiger partial charge in [0.1, 0.15) is 12.1 Å². The Balaban J connectivity index is 1.78. The van der Waals surface area contributed by atoms with Gasteiger partial charge in [-0.05, 0) is 42.0 Å². The summed E-state index contributed by atoms with van der Waals surface area (Å²) < 4.78 is 12.6. The fraction of sp³-hybridized carbons (Fsp3) is 0.200. The van der Waals surface area contributed by atoms with Crippen LogP contribution >= 0.6 is 11.6 Å². The van der Waals surface area contributed by atoms with Crippen LogP contribution < -0.4 is 14.8 Å². The minimum Gasteiger partial charge on any atom is -0.493 e. The largest absolute Gasteiger partial charge is 0.493 e. The van der Waals surface area contributed by atoms with Gasteiger partial charge in [0.25, 0.3) is 0 Å². The van der Waals surface area contributed by atoms with E-state index in [2.05, 4.69) is 10.3 Å². The van der Waals surface area contributed by atoms with Crippen molar-refractivity contribution in [2.24, 2.45) is 0 Å². The van der Waals surface area contributed by atoms with E-state index in [1.54, 1.807) is 32.7 Å². The molecule has 1 amide bonds. The molecule has 4 rings (SSSR count). The Labute approximate surface area is 161 Å². The number of aromatic nitrogens is 2. The SMILES string of the molecule is COc1ccc([C@@H]2CC(=O)Nc3c2ncn3-c2ccc(Cl)cc2)cc1OC. The molecule has 7 heteroatoms. The van der Waals surface area contributed by atoms with E-state index in [1.807, 2.05) is 34.9 Å². The van der Waals surface area contributed by atoms with Gasteiger partial charge in [-0.15, -0.1) is 0 Å². The number of hydrogen-bond donors (Lipinski definition) is 1. The zero-order valence-corrected chi connectivity index (χ0v) is 15.7. The standard InChI is InChI=1S/C20H18ClN3O3/c1-26-16-8-3-12(9-17(16)27-2)15-10-18(25)23-20-19(15)22-11-24(20)14-6-4-13(21)5-7-14/h3-9,11,15H,10H2,1-2H3,(H,23,25)/t15-/m0/s1. The molecule has 0 saturated carbocycles. The van der Waals surface area contributed by atoms with Crippen molar-refractivity contribution in [1.29, 1.82) is 0 Å². The van der Waals surface area contributed by atoms with Crippen LogP contribution in [0.15, 0.2) is 48.8 Å². The van der Waals surface area contributed by atoms with Crippen molar-refractivity contribution < 1.29 is 14.3 Å². The van der Waals surface area contributed by atoms with Crippen molar-refractivity contribution in [3.05, 3.63) is 65.1 Å². The van der Waals surface area contributed by atoms with E-state index in [4.69, 9.17) is 21.1 Å². The van der Waals surface area contributed by atoms with Crippen LogP contribution in [-0.4, -0.2) is 29.7 Å². The van der Waals surface area contributed by atoms with Gasteiger partial charge in [0.05, 0.1) is 19.9 Å². The third-order valence-corrected chi connectivity index (χ3v) is 4.94. The lowest BCUT2D eigenvalue weighted by Crippen LogP contribution is -2.24. The van der Waals surface area contributed by atoms with Crippen molar-refractivity contribution in [3.8, 4) is 17.2 Å². The van der Waals surface area contributed by atoms with Gasteiger partial charge in [0.2, 0.25) is 5.91 Å². The smallest absolute Gasteiger partial charge is 0.226 e. The van der Waals surface area contributed by atoms with Gasteiger partial charge in [-0.1, -0.05) is 17.7 Å². The molecule has 2 aromatic carbocycles. The number of anilines is 1. The molecular formula is C20H18ClN3O3. The summed E-state index contributed by atoms with van der Waals surface area (Å²) in [5, 5.41) is 3.60. The quantitative estimate of drug-likeness (QED) is 0.739. The molecular weight excluding hydrogens is 366 g/mol. The van der Waals surface area contributed by atoms with E-state index in [1.165, 1.54) is 0 Å². The fourth-order valence-corrected chi connectivity index (χ4v) is 3.48. The molecule has 27 heavy (non-hydrogen) atoms. The Morgan fingerprint density at radius 1 is 1.11 bits per heavy atom. The number of methoxy groups -OCH3 is 2. The highest BCUT2D eigenvalue weighted by atomic mass is 35.5. The van der Waals surface area contributed by atoms with E-state index in [9.17, 15) is 4.79 Å². The van der Waals surface area contributed by atoms with Crippen LogP contribution in [-0.2, 0) is 4.79 Å². The predicted molar refractivity (Wildman–Crippen MR) is 103 cm³/mol. The summed E-state index contributed by atoms with van der Waals surface area (Å²) in [5.41, 5.74) is 2.64. The van der Waals surface area contributed by atoms with Gasteiger partial charge in [-0.3, -0.25) is 9.36 Å². The van der Waals surface area contributed by atoms with Gasteiger partial charge in [0.15, 0.2) is 11.5 Å². The van der Waals surface area contributed by atoms with Crippen molar-refractivity contribution in [2.45, 2.75) is 12.3 Å². The van der Waals surface area contributed by atoms with Gasteiger partial charge in [-0.2, -0.15) is 0 Å². The Morgan fingerprint density at radius 3 is 2.56 bits per heavy atom. The van der Waals surface area contributed by atoms with E-state index >= 15 is 0 Å². The molecule has 1 atom stereocenters. The zero-order valence-electron chi connectivity index (χ0n) is 14.9. The normalized spacial score (nSPS) is 15.8. The minimum absolute atomic E-state index is 0.0574. The first kappa shape index (κ1) is 17.4. The van der Waals surface area contributed by atoms with Gasteiger partial charge in [-0.25, -0.2) is 4.98 Å². The zero-order chi connectivity index (χ0) is 19.0. The summed E-state index contributed by atoms with van der Waals surface area (Å²) in [5.74, 6) is 1.72. The Morgan fingerprint density at radius 2 is 1.85 bits per heavy atom. The number of imidazole rings is 1. The van der Waals surface area contributed by atoms with Crippen LogP contribution in [0.25, 0.3) is 5.69 Å². The number of carbonyl (C=O) groups is 1. The fourth-order valence-electron chi connectivity index (χ4n) is 3.35. The lowest BCUT2D eigenvalue weighted by atomic mass is 9.89. The summed E-state index contributed by atoms with van der Waals surface area (Å²) in [6.07, 6.45) is 2.04. The van der Waals surface area contributed by atoms with Crippen LogP contribution in [0.5, 0.6) is 11.5 Å². The molecule has 1 aliphatic heterocycles. The molecule has 3 aromatic rings. The highest BCUT2D eigenvalue weighted by Crippen LogP contribution is 2.40. The highest BCUT2D eigenvalue weighted by Gasteiger charge is 2.31. The Kier molecular flexibility index (Phi) is 4.49. The first-order valence-corrected chi connectivity index (χ1v) is 8.83. The average Bonchev–Trinajstić information content (AvgIpc) is 3.11. The summed E-state index contributed by atoms with van der Waals surface area (Å²) in [6, 6.07) is 13.1. The monoisotopic (exact) mass is 383 g/mol. The lowest BCUT2D eigenvalue weighted by molar-refractivity contribution is -0.116. The predicted octanol–water partition coefficient (Wildman–Crippen LogP) is 4.02.